The van der Waals surface area contributed by atoms with E-state index in [0.29, 0.717) is 18.4 Å². The molecule has 0 fully saturated rings. The predicted octanol–water partition coefficient (Wildman–Crippen LogP) is 1.46. The molecule has 0 bridgehead atoms. The molecule has 0 aromatic carbocycles. The van der Waals surface area contributed by atoms with Gasteiger partial charge in [0.1, 0.15) is 0 Å². The van der Waals surface area contributed by atoms with Crippen molar-refractivity contribution in [3.05, 3.63) is 11.7 Å². The van der Waals surface area contributed by atoms with Crippen LogP contribution in [0.4, 0.5) is 0 Å². The highest BCUT2D eigenvalue weighted by atomic mass is 32.2. The minimum atomic E-state index is 0.405. The summed E-state index contributed by atoms with van der Waals surface area (Å²) in [6.45, 7) is 4.84. The maximum Gasteiger partial charge on any atom is 0.226 e. The first-order valence-electron chi connectivity index (χ1n) is 4.85. The number of hydrogen-bond acceptors (Lipinski definition) is 5. The molecule has 0 aliphatic carbocycles. The van der Waals surface area contributed by atoms with Crippen molar-refractivity contribution < 1.29 is 4.52 Å². The van der Waals surface area contributed by atoms with E-state index >= 15 is 0 Å². The summed E-state index contributed by atoms with van der Waals surface area (Å²) < 4.78 is 5.10. The zero-order valence-corrected chi connectivity index (χ0v) is 9.51. The molecule has 80 valence electrons. The molecule has 1 rings (SSSR count). The summed E-state index contributed by atoms with van der Waals surface area (Å²) in [7, 11) is 0. The van der Waals surface area contributed by atoms with Crippen molar-refractivity contribution >= 4 is 11.8 Å². The van der Waals surface area contributed by atoms with Crippen LogP contribution in [0, 0.1) is 5.92 Å². The van der Waals surface area contributed by atoms with E-state index in [4.69, 9.17) is 10.3 Å². The summed E-state index contributed by atoms with van der Waals surface area (Å²) in [4.78, 5) is 4.28. The molecular formula is C9H17N3OS. The summed E-state index contributed by atoms with van der Waals surface area (Å²) in [5, 5.41) is 3.89. The first kappa shape index (κ1) is 11.5. The van der Waals surface area contributed by atoms with Gasteiger partial charge in [-0.05, 0) is 18.2 Å². The van der Waals surface area contributed by atoms with Crippen LogP contribution < -0.4 is 5.73 Å². The monoisotopic (exact) mass is 215 g/mol. The predicted molar refractivity (Wildman–Crippen MR) is 58.1 cm³/mol. The molecule has 5 heteroatoms. The van der Waals surface area contributed by atoms with Gasteiger partial charge in [0.05, 0.1) is 5.75 Å². The second-order valence-electron chi connectivity index (χ2n) is 3.29. The van der Waals surface area contributed by atoms with Crippen LogP contribution in [-0.2, 0) is 12.2 Å². The van der Waals surface area contributed by atoms with Gasteiger partial charge in [0.25, 0.3) is 0 Å². The van der Waals surface area contributed by atoms with Gasteiger partial charge in [-0.2, -0.15) is 16.7 Å². The Hall–Kier alpha value is -0.550. The van der Waals surface area contributed by atoms with E-state index in [2.05, 4.69) is 24.0 Å². The molecule has 0 saturated carbocycles. The highest BCUT2D eigenvalue weighted by Crippen LogP contribution is 2.10. The fraction of sp³-hybridized carbons (Fsp3) is 0.778. The standard InChI is InChI=1S/C9H17N3OS/c1-3-14-6-8-11-9(13-12-8)4-7(2)5-10/h7H,3-6,10H2,1-2H3. The van der Waals surface area contributed by atoms with Gasteiger partial charge in [-0.25, -0.2) is 0 Å². The highest BCUT2D eigenvalue weighted by molar-refractivity contribution is 7.98. The van der Waals surface area contributed by atoms with E-state index < -0.39 is 0 Å². The molecular weight excluding hydrogens is 198 g/mol. The second-order valence-corrected chi connectivity index (χ2v) is 4.56. The van der Waals surface area contributed by atoms with Crippen LogP contribution in [0.3, 0.4) is 0 Å². The van der Waals surface area contributed by atoms with Crippen molar-refractivity contribution in [1.29, 1.82) is 0 Å². The summed E-state index contributed by atoms with van der Waals surface area (Å²) in [5.41, 5.74) is 5.51. The Labute approximate surface area is 88.6 Å². The van der Waals surface area contributed by atoms with Crippen molar-refractivity contribution in [1.82, 2.24) is 10.1 Å². The molecule has 1 aromatic heterocycles. The molecule has 1 atom stereocenters. The number of thioether (sulfide) groups is 1. The Morgan fingerprint density at radius 2 is 2.36 bits per heavy atom. The summed E-state index contributed by atoms with van der Waals surface area (Å²) in [6, 6.07) is 0. The molecule has 1 unspecified atom stereocenters. The van der Waals surface area contributed by atoms with E-state index in [1.165, 1.54) is 0 Å². The van der Waals surface area contributed by atoms with Crippen molar-refractivity contribution in [2.75, 3.05) is 12.3 Å². The molecule has 0 amide bonds. The minimum Gasteiger partial charge on any atom is -0.339 e. The lowest BCUT2D eigenvalue weighted by molar-refractivity contribution is 0.356. The Morgan fingerprint density at radius 3 is 3.00 bits per heavy atom. The number of aromatic nitrogens is 2. The SMILES string of the molecule is CCSCc1noc(CC(C)CN)n1. The van der Waals surface area contributed by atoms with E-state index in [0.717, 1.165) is 23.8 Å². The maximum atomic E-state index is 5.51. The third-order valence-electron chi connectivity index (χ3n) is 1.87. The molecule has 0 radical (unpaired) electrons. The van der Waals surface area contributed by atoms with Crippen LogP contribution in [0.25, 0.3) is 0 Å². The lowest BCUT2D eigenvalue weighted by Crippen LogP contribution is -2.13. The normalized spacial score (nSPS) is 13.1. The first-order chi connectivity index (χ1) is 6.76. The topological polar surface area (TPSA) is 64.9 Å². The van der Waals surface area contributed by atoms with Gasteiger partial charge in [0.2, 0.25) is 5.89 Å². The van der Waals surface area contributed by atoms with Gasteiger partial charge in [-0.1, -0.05) is 19.0 Å². The molecule has 1 heterocycles. The van der Waals surface area contributed by atoms with E-state index in [9.17, 15) is 0 Å². The zero-order valence-electron chi connectivity index (χ0n) is 8.69. The van der Waals surface area contributed by atoms with Crippen molar-refractivity contribution in [2.45, 2.75) is 26.0 Å². The number of nitrogens with zero attached hydrogens (tertiary/aromatic N) is 2. The zero-order chi connectivity index (χ0) is 10.4. The van der Waals surface area contributed by atoms with Gasteiger partial charge < -0.3 is 10.3 Å². The number of rotatable bonds is 6. The minimum absolute atomic E-state index is 0.405. The second kappa shape index (κ2) is 6.03. The fourth-order valence-electron chi connectivity index (χ4n) is 1.01. The Kier molecular flexibility index (Phi) is 4.97. The fourth-order valence-corrected chi connectivity index (χ4v) is 1.51. The van der Waals surface area contributed by atoms with Crippen LogP contribution in [0.1, 0.15) is 25.6 Å². The van der Waals surface area contributed by atoms with Crippen LogP contribution in [-0.4, -0.2) is 22.4 Å². The highest BCUT2D eigenvalue weighted by Gasteiger charge is 2.09. The van der Waals surface area contributed by atoms with E-state index in [1.807, 2.05) is 0 Å². The number of hydrogen-bond donors (Lipinski definition) is 1. The summed E-state index contributed by atoms with van der Waals surface area (Å²) in [6.07, 6.45) is 0.778. The molecule has 0 aliphatic rings. The van der Waals surface area contributed by atoms with Crippen LogP contribution in [0.2, 0.25) is 0 Å². The third kappa shape index (κ3) is 3.67. The molecule has 0 aliphatic heterocycles. The molecule has 4 nitrogen and oxygen atoms in total. The van der Waals surface area contributed by atoms with Crippen LogP contribution in [0.5, 0.6) is 0 Å². The van der Waals surface area contributed by atoms with Crippen LogP contribution >= 0.6 is 11.8 Å². The van der Waals surface area contributed by atoms with Gasteiger partial charge in [0, 0.05) is 6.42 Å². The van der Waals surface area contributed by atoms with Gasteiger partial charge in [0.15, 0.2) is 5.82 Å². The van der Waals surface area contributed by atoms with Gasteiger partial charge >= 0.3 is 0 Å². The summed E-state index contributed by atoms with van der Waals surface area (Å²) >= 11 is 1.79. The lowest BCUT2D eigenvalue weighted by atomic mass is 10.1. The van der Waals surface area contributed by atoms with Crippen molar-refractivity contribution in [2.24, 2.45) is 11.7 Å². The third-order valence-corrected chi connectivity index (χ3v) is 2.74. The van der Waals surface area contributed by atoms with Crippen molar-refractivity contribution in [3.63, 3.8) is 0 Å². The summed E-state index contributed by atoms with van der Waals surface area (Å²) in [5.74, 6) is 3.80. The lowest BCUT2D eigenvalue weighted by Gasteiger charge is -2.01. The Bertz CT molecular complexity index is 264. The molecule has 14 heavy (non-hydrogen) atoms. The Morgan fingerprint density at radius 1 is 1.57 bits per heavy atom. The molecule has 1 aromatic rings. The van der Waals surface area contributed by atoms with E-state index in [1.54, 1.807) is 11.8 Å². The quantitative estimate of drug-likeness (QED) is 0.778. The van der Waals surface area contributed by atoms with Gasteiger partial charge in [-0.3, -0.25) is 0 Å². The molecule has 0 saturated heterocycles. The Balaban J connectivity index is 2.42. The average molecular weight is 215 g/mol. The maximum absolute atomic E-state index is 5.51. The van der Waals surface area contributed by atoms with E-state index in [-0.39, 0.29) is 0 Å². The van der Waals surface area contributed by atoms with Crippen molar-refractivity contribution in [3.8, 4) is 0 Å². The van der Waals surface area contributed by atoms with Gasteiger partial charge in [-0.15, -0.1) is 0 Å². The smallest absolute Gasteiger partial charge is 0.226 e. The largest absolute Gasteiger partial charge is 0.339 e. The molecule has 2 N–H and O–H groups in total. The average Bonchev–Trinajstić information content (AvgIpc) is 2.62. The number of nitrogens with two attached hydrogens (primary N) is 1. The molecule has 0 spiro atoms. The first-order valence-corrected chi connectivity index (χ1v) is 6.01. The van der Waals surface area contributed by atoms with Crippen LogP contribution in [0.15, 0.2) is 4.52 Å².